The van der Waals surface area contributed by atoms with Crippen LogP contribution in [0.15, 0.2) is 18.3 Å². The monoisotopic (exact) mass is 247 g/mol. The summed E-state index contributed by atoms with van der Waals surface area (Å²) in [5, 5.41) is 17.3. The predicted octanol–water partition coefficient (Wildman–Crippen LogP) is 0.633. The largest absolute Gasteiger partial charge is 0.480 e. The van der Waals surface area contributed by atoms with E-state index >= 15 is 0 Å². The highest BCUT2D eigenvalue weighted by Crippen LogP contribution is 2.30. The molecule has 1 aromatic rings. The predicted molar refractivity (Wildman–Crippen MR) is 63.2 cm³/mol. The summed E-state index contributed by atoms with van der Waals surface area (Å²) in [6.07, 6.45) is 1.58. The number of ether oxygens (including phenoxy) is 1. The smallest absolute Gasteiger partial charge is 0.329 e. The van der Waals surface area contributed by atoms with Crippen LogP contribution in [0.25, 0.3) is 0 Å². The van der Waals surface area contributed by atoms with Gasteiger partial charge in [0.15, 0.2) is 0 Å². The van der Waals surface area contributed by atoms with Gasteiger partial charge in [-0.1, -0.05) is 0 Å². The molecule has 0 bridgehead atoms. The summed E-state index contributed by atoms with van der Waals surface area (Å²) in [7, 11) is 0. The van der Waals surface area contributed by atoms with E-state index in [0.717, 1.165) is 5.69 Å². The zero-order valence-electron chi connectivity index (χ0n) is 9.96. The molecule has 1 aliphatic rings. The minimum absolute atomic E-state index is 0.288. The summed E-state index contributed by atoms with van der Waals surface area (Å²) in [6.45, 7) is 2.80. The van der Waals surface area contributed by atoms with Crippen LogP contribution in [0.2, 0.25) is 0 Å². The maximum Gasteiger partial charge on any atom is 0.329 e. The van der Waals surface area contributed by atoms with Gasteiger partial charge in [-0.15, -0.1) is 0 Å². The van der Waals surface area contributed by atoms with Crippen LogP contribution in [0.3, 0.4) is 0 Å². The number of anilines is 1. The number of aromatic nitrogens is 1. The van der Waals surface area contributed by atoms with E-state index in [9.17, 15) is 4.79 Å². The summed E-state index contributed by atoms with van der Waals surface area (Å²) in [5.74, 6) is -0.967. The van der Waals surface area contributed by atoms with Crippen LogP contribution in [0, 0.1) is 11.3 Å². The van der Waals surface area contributed by atoms with Crippen LogP contribution in [0.4, 0.5) is 5.69 Å². The zero-order valence-corrected chi connectivity index (χ0v) is 9.96. The molecule has 1 fully saturated rings. The molecule has 0 spiro atoms. The third-order valence-electron chi connectivity index (χ3n) is 2.82. The quantitative estimate of drug-likeness (QED) is 0.839. The van der Waals surface area contributed by atoms with Gasteiger partial charge in [0, 0.05) is 25.0 Å². The number of nitrogens with zero attached hydrogens (tertiary/aromatic N) is 3. The van der Waals surface area contributed by atoms with Crippen molar-refractivity contribution in [2.75, 3.05) is 24.6 Å². The number of hydrogen-bond acceptors (Lipinski definition) is 5. The number of hydrogen-bond donors (Lipinski definition) is 1. The molecule has 18 heavy (non-hydrogen) atoms. The van der Waals surface area contributed by atoms with Gasteiger partial charge in [-0.05, 0) is 19.1 Å². The Hall–Kier alpha value is -2.13. The second-order valence-corrected chi connectivity index (χ2v) is 4.50. The zero-order chi connectivity index (χ0) is 13.2. The van der Waals surface area contributed by atoms with Gasteiger partial charge in [0.25, 0.3) is 0 Å². The van der Waals surface area contributed by atoms with Crippen molar-refractivity contribution in [2.45, 2.75) is 12.5 Å². The van der Waals surface area contributed by atoms with Gasteiger partial charge in [0.05, 0.1) is 0 Å². The van der Waals surface area contributed by atoms with E-state index in [4.69, 9.17) is 15.1 Å². The number of nitriles is 1. The molecule has 1 aromatic heterocycles. The maximum atomic E-state index is 10.4. The molecule has 6 nitrogen and oxygen atoms in total. The molecule has 0 unspecified atom stereocenters. The summed E-state index contributed by atoms with van der Waals surface area (Å²) in [5.41, 5.74) is 0.833. The van der Waals surface area contributed by atoms with E-state index in [1.165, 1.54) is 0 Å². The SMILES string of the molecule is CC1(OCC(=O)O)CN(c2ccnc(C#N)c2)C1. The first kappa shape index (κ1) is 12.3. The van der Waals surface area contributed by atoms with Gasteiger partial charge in [-0.3, -0.25) is 0 Å². The van der Waals surface area contributed by atoms with Crippen LogP contribution in [-0.4, -0.2) is 41.4 Å². The molecule has 0 aliphatic carbocycles. The van der Waals surface area contributed by atoms with Crippen LogP contribution in [0.1, 0.15) is 12.6 Å². The Labute approximate surface area is 104 Å². The summed E-state index contributed by atoms with van der Waals surface area (Å²) >= 11 is 0. The lowest BCUT2D eigenvalue weighted by molar-refractivity contribution is -0.150. The second kappa shape index (κ2) is 4.63. The molecule has 0 amide bonds. The lowest BCUT2D eigenvalue weighted by atomic mass is 9.95. The Kier molecular flexibility index (Phi) is 3.17. The number of carbonyl (C=O) groups is 1. The van der Waals surface area contributed by atoms with E-state index in [2.05, 4.69) is 4.98 Å². The van der Waals surface area contributed by atoms with E-state index in [1.54, 1.807) is 12.3 Å². The molecular formula is C12H13N3O3. The summed E-state index contributed by atoms with van der Waals surface area (Å²) in [6, 6.07) is 5.51. The van der Waals surface area contributed by atoms with Crippen molar-refractivity contribution >= 4 is 11.7 Å². The van der Waals surface area contributed by atoms with Crippen LogP contribution in [-0.2, 0) is 9.53 Å². The first-order valence-corrected chi connectivity index (χ1v) is 5.49. The third kappa shape index (κ3) is 2.57. The molecule has 2 rings (SSSR count). The molecule has 0 saturated carbocycles. The first-order valence-electron chi connectivity index (χ1n) is 5.49. The Morgan fingerprint density at radius 1 is 1.72 bits per heavy atom. The molecule has 1 aliphatic heterocycles. The Morgan fingerprint density at radius 3 is 3.06 bits per heavy atom. The average molecular weight is 247 g/mol. The van der Waals surface area contributed by atoms with E-state index in [0.29, 0.717) is 18.8 Å². The van der Waals surface area contributed by atoms with Crippen molar-refractivity contribution in [1.82, 2.24) is 4.98 Å². The fourth-order valence-corrected chi connectivity index (χ4v) is 1.95. The molecular weight excluding hydrogens is 234 g/mol. The van der Waals surface area contributed by atoms with Gasteiger partial charge in [-0.2, -0.15) is 5.26 Å². The minimum atomic E-state index is -0.967. The van der Waals surface area contributed by atoms with Gasteiger partial charge < -0.3 is 14.7 Å². The first-order chi connectivity index (χ1) is 8.52. The summed E-state index contributed by atoms with van der Waals surface area (Å²) in [4.78, 5) is 16.4. The van der Waals surface area contributed by atoms with Crippen LogP contribution < -0.4 is 4.90 Å². The lowest BCUT2D eigenvalue weighted by Crippen LogP contribution is -2.62. The minimum Gasteiger partial charge on any atom is -0.480 e. The average Bonchev–Trinajstić information content (AvgIpc) is 2.33. The van der Waals surface area contributed by atoms with Gasteiger partial charge in [0.2, 0.25) is 0 Å². The van der Waals surface area contributed by atoms with E-state index in [1.807, 2.05) is 24.0 Å². The van der Waals surface area contributed by atoms with Crippen LogP contribution >= 0.6 is 0 Å². The van der Waals surface area contributed by atoms with E-state index < -0.39 is 11.6 Å². The molecule has 1 saturated heterocycles. The number of carboxylic acids is 1. The fraction of sp³-hybridized carbons (Fsp3) is 0.417. The number of aliphatic carboxylic acids is 1. The van der Waals surface area contributed by atoms with E-state index in [-0.39, 0.29) is 6.61 Å². The van der Waals surface area contributed by atoms with Crippen molar-refractivity contribution in [3.05, 3.63) is 24.0 Å². The standard InChI is InChI=1S/C12H13N3O3/c1-12(18-6-11(16)17)7-15(8-12)10-2-3-14-9(4-10)5-13/h2-4H,6-8H2,1H3,(H,16,17). The molecule has 0 radical (unpaired) electrons. The highest BCUT2D eigenvalue weighted by atomic mass is 16.5. The molecule has 2 heterocycles. The molecule has 0 atom stereocenters. The maximum absolute atomic E-state index is 10.4. The summed E-state index contributed by atoms with van der Waals surface area (Å²) < 4.78 is 5.31. The Bertz CT molecular complexity index is 504. The van der Waals surface area contributed by atoms with Crippen molar-refractivity contribution in [3.63, 3.8) is 0 Å². The highest BCUT2D eigenvalue weighted by molar-refractivity contribution is 5.68. The van der Waals surface area contributed by atoms with Gasteiger partial charge >= 0.3 is 5.97 Å². The van der Waals surface area contributed by atoms with Crippen molar-refractivity contribution < 1.29 is 14.6 Å². The van der Waals surface area contributed by atoms with Crippen molar-refractivity contribution in [1.29, 1.82) is 5.26 Å². The highest BCUT2D eigenvalue weighted by Gasteiger charge is 2.40. The Balaban J connectivity index is 1.95. The number of carboxylic acid groups (broad SMARTS) is 1. The van der Waals surface area contributed by atoms with Crippen molar-refractivity contribution in [3.8, 4) is 6.07 Å². The van der Waals surface area contributed by atoms with Crippen LogP contribution in [0.5, 0.6) is 0 Å². The number of rotatable bonds is 4. The lowest BCUT2D eigenvalue weighted by Gasteiger charge is -2.48. The van der Waals surface area contributed by atoms with Gasteiger partial charge in [-0.25, -0.2) is 9.78 Å². The molecule has 1 N–H and O–H groups in total. The normalized spacial score (nSPS) is 16.8. The fourth-order valence-electron chi connectivity index (χ4n) is 1.95. The second-order valence-electron chi connectivity index (χ2n) is 4.50. The Morgan fingerprint density at radius 2 is 2.44 bits per heavy atom. The third-order valence-corrected chi connectivity index (χ3v) is 2.82. The number of pyridine rings is 1. The van der Waals surface area contributed by atoms with Gasteiger partial charge in [0.1, 0.15) is 24.0 Å². The topological polar surface area (TPSA) is 86.5 Å². The molecule has 6 heteroatoms. The molecule has 94 valence electrons. The molecule has 0 aromatic carbocycles. The van der Waals surface area contributed by atoms with Crippen molar-refractivity contribution in [2.24, 2.45) is 0 Å².